The zero-order chi connectivity index (χ0) is 15.5. The number of carbonyl (C=O) groups is 1. The van der Waals surface area contributed by atoms with E-state index in [0.29, 0.717) is 18.2 Å². The third kappa shape index (κ3) is 3.89. The van der Waals surface area contributed by atoms with Gasteiger partial charge in [-0.15, -0.1) is 12.4 Å². The molecule has 1 aromatic carbocycles. The van der Waals surface area contributed by atoms with E-state index in [9.17, 15) is 4.79 Å². The Kier molecular flexibility index (Phi) is 6.49. The van der Waals surface area contributed by atoms with Gasteiger partial charge in [0.25, 0.3) is 0 Å². The van der Waals surface area contributed by atoms with Crippen molar-refractivity contribution in [3.05, 3.63) is 35.4 Å². The van der Waals surface area contributed by atoms with Crippen molar-refractivity contribution < 1.29 is 4.79 Å². The standard InChI is InChI=1S/C19H28N2O.ClH/c1-2-12-21(19(22)13-15-7-5-9-17(15)20)18-11-10-14-6-3-4-8-16(14)18;/h3-4,6,8,15,17-18H,2,5,7,9-13,20H2,1H3;1H/t15-,17+,18?;/m0./s1. The molecule has 2 N–H and O–H groups in total. The van der Waals surface area contributed by atoms with E-state index in [4.69, 9.17) is 5.73 Å². The number of amides is 1. The van der Waals surface area contributed by atoms with E-state index in [-0.39, 0.29) is 24.5 Å². The normalized spacial score (nSPS) is 25.7. The average molecular weight is 337 g/mol. The van der Waals surface area contributed by atoms with Crippen LogP contribution in [0.5, 0.6) is 0 Å². The smallest absolute Gasteiger partial charge is 0.223 e. The molecule has 0 saturated heterocycles. The molecule has 0 heterocycles. The monoisotopic (exact) mass is 336 g/mol. The first-order valence-electron chi connectivity index (χ1n) is 8.83. The highest BCUT2D eigenvalue weighted by atomic mass is 35.5. The van der Waals surface area contributed by atoms with Crippen molar-refractivity contribution in [2.75, 3.05) is 6.54 Å². The summed E-state index contributed by atoms with van der Waals surface area (Å²) < 4.78 is 0. The molecule has 0 aliphatic heterocycles. The Hall–Kier alpha value is -1.06. The summed E-state index contributed by atoms with van der Waals surface area (Å²) in [6.07, 6.45) is 7.20. The van der Waals surface area contributed by atoms with E-state index in [2.05, 4.69) is 36.1 Å². The van der Waals surface area contributed by atoms with Crippen molar-refractivity contribution in [2.45, 2.75) is 64.0 Å². The zero-order valence-electron chi connectivity index (χ0n) is 14.0. The van der Waals surface area contributed by atoms with Crippen molar-refractivity contribution in [2.24, 2.45) is 11.7 Å². The van der Waals surface area contributed by atoms with Gasteiger partial charge in [-0.2, -0.15) is 0 Å². The Morgan fingerprint density at radius 1 is 1.26 bits per heavy atom. The van der Waals surface area contributed by atoms with Gasteiger partial charge in [-0.05, 0) is 49.1 Å². The lowest BCUT2D eigenvalue weighted by Gasteiger charge is -2.31. The molecule has 0 spiro atoms. The highest BCUT2D eigenvalue weighted by Crippen LogP contribution is 2.37. The highest BCUT2D eigenvalue weighted by molar-refractivity contribution is 5.85. The maximum absolute atomic E-state index is 12.9. The van der Waals surface area contributed by atoms with Crippen LogP contribution in [0.1, 0.15) is 62.6 Å². The molecule has 1 unspecified atom stereocenters. The molecular formula is C19H29ClN2O. The van der Waals surface area contributed by atoms with Crippen LogP contribution in [0.2, 0.25) is 0 Å². The van der Waals surface area contributed by atoms with Crippen LogP contribution >= 0.6 is 12.4 Å². The second-order valence-corrected chi connectivity index (χ2v) is 6.90. The Balaban J connectivity index is 0.00000192. The number of aryl methyl sites for hydroxylation is 1. The summed E-state index contributed by atoms with van der Waals surface area (Å²) in [6.45, 7) is 3.02. The minimum Gasteiger partial charge on any atom is -0.336 e. The Morgan fingerprint density at radius 3 is 2.74 bits per heavy atom. The predicted octanol–water partition coefficient (Wildman–Crippen LogP) is 3.85. The van der Waals surface area contributed by atoms with Gasteiger partial charge in [-0.3, -0.25) is 4.79 Å². The second kappa shape index (κ2) is 8.16. The first-order chi connectivity index (χ1) is 10.7. The van der Waals surface area contributed by atoms with Crippen LogP contribution in [0.3, 0.4) is 0 Å². The lowest BCUT2D eigenvalue weighted by molar-refractivity contribution is -0.134. The van der Waals surface area contributed by atoms with E-state index in [1.165, 1.54) is 17.5 Å². The minimum absolute atomic E-state index is 0. The third-order valence-electron chi connectivity index (χ3n) is 5.42. The fourth-order valence-electron chi connectivity index (χ4n) is 4.21. The first kappa shape index (κ1) is 18.3. The summed E-state index contributed by atoms with van der Waals surface area (Å²) in [5.74, 6) is 0.703. The van der Waals surface area contributed by atoms with Gasteiger partial charge in [0.2, 0.25) is 5.91 Å². The summed E-state index contributed by atoms with van der Waals surface area (Å²) in [5.41, 5.74) is 8.94. The van der Waals surface area contributed by atoms with Crippen molar-refractivity contribution >= 4 is 18.3 Å². The van der Waals surface area contributed by atoms with Gasteiger partial charge in [0.1, 0.15) is 0 Å². The Morgan fingerprint density at radius 2 is 2.04 bits per heavy atom. The molecule has 3 atom stereocenters. The van der Waals surface area contributed by atoms with Crippen molar-refractivity contribution in [3.63, 3.8) is 0 Å². The van der Waals surface area contributed by atoms with E-state index in [1.54, 1.807) is 0 Å². The van der Waals surface area contributed by atoms with Crippen LogP contribution in [0, 0.1) is 5.92 Å². The second-order valence-electron chi connectivity index (χ2n) is 6.90. The van der Waals surface area contributed by atoms with Gasteiger partial charge >= 0.3 is 0 Å². The van der Waals surface area contributed by atoms with Gasteiger partial charge in [-0.1, -0.05) is 37.6 Å². The summed E-state index contributed by atoms with van der Waals surface area (Å²) in [6, 6.07) is 9.11. The van der Waals surface area contributed by atoms with E-state index in [1.807, 2.05) is 0 Å². The van der Waals surface area contributed by atoms with Crippen molar-refractivity contribution in [1.82, 2.24) is 4.90 Å². The van der Waals surface area contributed by atoms with Crippen LogP contribution < -0.4 is 5.73 Å². The van der Waals surface area contributed by atoms with Crippen LogP contribution in [-0.2, 0) is 11.2 Å². The fourth-order valence-corrected chi connectivity index (χ4v) is 4.21. The number of carbonyl (C=O) groups excluding carboxylic acids is 1. The summed E-state index contributed by atoms with van der Waals surface area (Å²) in [7, 11) is 0. The quantitative estimate of drug-likeness (QED) is 0.887. The molecular weight excluding hydrogens is 308 g/mol. The van der Waals surface area contributed by atoms with Crippen LogP contribution in [0.25, 0.3) is 0 Å². The molecule has 0 bridgehead atoms. The number of rotatable bonds is 5. The molecule has 2 aliphatic rings. The van der Waals surface area contributed by atoms with Crippen LogP contribution in [-0.4, -0.2) is 23.4 Å². The predicted molar refractivity (Wildman–Crippen MR) is 96.7 cm³/mol. The van der Waals surface area contributed by atoms with Gasteiger partial charge < -0.3 is 10.6 Å². The fraction of sp³-hybridized carbons (Fsp3) is 0.632. The average Bonchev–Trinajstić information content (AvgIpc) is 3.12. The number of hydrogen-bond acceptors (Lipinski definition) is 2. The van der Waals surface area contributed by atoms with E-state index >= 15 is 0 Å². The van der Waals surface area contributed by atoms with Crippen molar-refractivity contribution in [1.29, 1.82) is 0 Å². The molecule has 128 valence electrons. The van der Waals surface area contributed by atoms with Gasteiger partial charge in [0, 0.05) is 19.0 Å². The van der Waals surface area contributed by atoms with Gasteiger partial charge in [-0.25, -0.2) is 0 Å². The molecule has 3 nitrogen and oxygen atoms in total. The van der Waals surface area contributed by atoms with Crippen LogP contribution in [0.15, 0.2) is 24.3 Å². The number of nitrogens with zero attached hydrogens (tertiary/aromatic N) is 1. The molecule has 1 fully saturated rings. The highest BCUT2D eigenvalue weighted by Gasteiger charge is 2.33. The van der Waals surface area contributed by atoms with Crippen molar-refractivity contribution in [3.8, 4) is 0 Å². The molecule has 2 aliphatic carbocycles. The van der Waals surface area contributed by atoms with Gasteiger partial charge in [0.05, 0.1) is 6.04 Å². The number of nitrogens with two attached hydrogens (primary N) is 1. The van der Waals surface area contributed by atoms with E-state index in [0.717, 1.165) is 38.6 Å². The zero-order valence-corrected chi connectivity index (χ0v) is 14.9. The summed E-state index contributed by atoms with van der Waals surface area (Å²) >= 11 is 0. The molecule has 0 radical (unpaired) electrons. The minimum atomic E-state index is 0. The number of hydrogen-bond donors (Lipinski definition) is 1. The molecule has 1 amide bonds. The molecule has 4 heteroatoms. The summed E-state index contributed by atoms with van der Waals surface area (Å²) in [4.78, 5) is 15.0. The van der Waals surface area contributed by atoms with E-state index < -0.39 is 0 Å². The molecule has 0 aromatic heterocycles. The lowest BCUT2D eigenvalue weighted by atomic mass is 9.98. The Bertz CT molecular complexity index is 534. The molecule has 1 aromatic rings. The molecule has 3 rings (SSSR count). The summed E-state index contributed by atoms with van der Waals surface area (Å²) in [5, 5.41) is 0. The maximum Gasteiger partial charge on any atom is 0.223 e. The number of benzene rings is 1. The number of halogens is 1. The largest absolute Gasteiger partial charge is 0.336 e. The SMILES string of the molecule is CCCN(C(=O)C[C@@H]1CCC[C@H]1N)C1CCc2ccccc21.Cl. The molecule has 23 heavy (non-hydrogen) atoms. The lowest BCUT2D eigenvalue weighted by Crippen LogP contribution is -2.37. The number of fused-ring (bicyclic) bond motifs is 1. The van der Waals surface area contributed by atoms with Crippen LogP contribution in [0.4, 0.5) is 0 Å². The topological polar surface area (TPSA) is 46.3 Å². The molecule has 1 saturated carbocycles. The first-order valence-corrected chi connectivity index (χ1v) is 8.83. The van der Waals surface area contributed by atoms with Gasteiger partial charge in [0.15, 0.2) is 0 Å². The maximum atomic E-state index is 12.9. The Labute approximate surface area is 146 Å². The third-order valence-corrected chi connectivity index (χ3v) is 5.42.